The molecule has 2 aromatic heterocycles. The molecule has 7 heteroatoms. The van der Waals surface area contributed by atoms with E-state index >= 15 is 0 Å². The first-order valence-corrected chi connectivity index (χ1v) is 10.9. The van der Waals surface area contributed by atoms with Crippen LogP contribution in [0.3, 0.4) is 0 Å². The van der Waals surface area contributed by atoms with Gasteiger partial charge in [-0.1, -0.05) is 49.6 Å². The van der Waals surface area contributed by atoms with E-state index in [0.717, 1.165) is 42.9 Å². The molecule has 3 heterocycles. The quantitative estimate of drug-likeness (QED) is 0.697. The van der Waals surface area contributed by atoms with Crippen LogP contribution in [-0.2, 0) is 0 Å². The molecule has 1 saturated carbocycles. The molecule has 1 aromatic carbocycles. The van der Waals surface area contributed by atoms with Gasteiger partial charge in [0.15, 0.2) is 11.3 Å². The van der Waals surface area contributed by atoms with Crippen LogP contribution in [0, 0.1) is 0 Å². The molecule has 156 valence electrons. The normalized spacial score (nSPS) is 20.0. The van der Waals surface area contributed by atoms with Gasteiger partial charge in [0.05, 0.1) is 11.8 Å². The van der Waals surface area contributed by atoms with Crippen LogP contribution in [0.15, 0.2) is 42.5 Å². The van der Waals surface area contributed by atoms with Gasteiger partial charge >= 0.3 is 0 Å². The van der Waals surface area contributed by atoms with Crippen LogP contribution in [0.25, 0.3) is 16.9 Å². The van der Waals surface area contributed by atoms with Crippen molar-refractivity contribution in [2.45, 2.75) is 50.7 Å². The summed E-state index contributed by atoms with van der Waals surface area (Å²) in [4.78, 5) is 19.7. The third-order valence-electron chi connectivity index (χ3n) is 6.14. The number of aliphatic hydroxyl groups is 1. The monoisotopic (exact) mass is 405 g/mol. The summed E-state index contributed by atoms with van der Waals surface area (Å²) >= 11 is 0. The van der Waals surface area contributed by atoms with Gasteiger partial charge in [-0.15, -0.1) is 0 Å². The molecule has 3 aromatic rings. The van der Waals surface area contributed by atoms with Gasteiger partial charge in [0.1, 0.15) is 5.82 Å². The van der Waals surface area contributed by atoms with Gasteiger partial charge in [0.25, 0.3) is 5.91 Å². The Morgan fingerprint density at radius 3 is 2.60 bits per heavy atom. The number of rotatable bonds is 4. The fourth-order valence-electron chi connectivity index (χ4n) is 4.51. The van der Waals surface area contributed by atoms with Crippen LogP contribution in [0.5, 0.6) is 0 Å². The second-order valence-corrected chi connectivity index (χ2v) is 8.36. The molecule has 7 nitrogen and oxygen atoms in total. The number of aromatic nitrogens is 3. The van der Waals surface area contributed by atoms with Crippen molar-refractivity contribution >= 4 is 17.4 Å². The first-order valence-electron chi connectivity index (χ1n) is 10.9. The molecular weight excluding hydrogens is 378 g/mol. The van der Waals surface area contributed by atoms with Crippen molar-refractivity contribution in [2.75, 3.05) is 18.0 Å². The Bertz CT molecular complexity index is 1040. The molecule has 30 heavy (non-hydrogen) atoms. The van der Waals surface area contributed by atoms with Crippen molar-refractivity contribution in [3.8, 4) is 11.3 Å². The first kappa shape index (κ1) is 19.1. The summed E-state index contributed by atoms with van der Waals surface area (Å²) in [5, 5.41) is 17.8. The summed E-state index contributed by atoms with van der Waals surface area (Å²) in [6.07, 6.45) is 6.02. The van der Waals surface area contributed by atoms with Crippen LogP contribution < -0.4 is 10.2 Å². The Kier molecular flexibility index (Phi) is 5.12. The standard InChI is InChI=1S/C23H27N5O2/c29-18-11-12-27(15-18)22-14-19(16-7-3-1-4-8-16)25-21-13-20(26-28(21)22)23(30)24-17-9-5-2-6-10-17/h1,3-4,7-8,13-14,17-18,29H,2,5-6,9-12,15H2,(H,24,30). The number of fused-ring (bicyclic) bond motifs is 1. The lowest BCUT2D eigenvalue weighted by Gasteiger charge is -2.22. The maximum atomic E-state index is 12.9. The zero-order valence-corrected chi connectivity index (χ0v) is 17.0. The van der Waals surface area contributed by atoms with Crippen molar-refractivity contribution in [3.05, 3.63) is 48.2 Å². The molecule has 1 atom stereocenters. The predicted molar refractivity (Wildman–Crippen MR) is 116 cm³/mol. The fourth-order valence-corrected chi connectivity index (χ4v) is 4.51. The average Bonchev–Trinajstić information content (AvgIpc) is 3.40. The highest BCUT2D eigenvalue weighted by Gasteiger charge is 2.25. The molecule has 2 fully saturated rings. The zero-order chi connectivity index (χ0) is 20.5. The fraction of sp³-hybridized carbons (Fsp3) is 0.435. The van der Waals surface area contributed by atoms with Crippen molar-refractivity contribution < 1.29 is 9.90 Å². The van der Waals surface area contributed by atoms with Gasteiger partial charge in [-0.2, -0.15) is 9.61 Å². The zero-order valence-electron chi connectivity index (χ0n) is 17.0. The third kappa shape index (κ3) is 3.77. The number of β-amino-alcohol motifs (C(OH)–C–C–N with tert-alkyl or cyclic N) is 1. The predicted octanol–water partition coefficient (Wildman–Crippen LogP) is 3.03. The topological polar surface area (TPSA) is 82.8 Å². The Morgan fingerprint density at radius 2 is 1.87 bits per heavy atom. The van der Waals surface area contributed by atoms with E-state index in [-0.39, 0.29) is 18.1 Å². The minimum absolute atomic E-state index is 0.138. The number of carbonyl (C=O) groups is 1. The van der Waals surface area contributed by atoms with Crippen molar-refractivity contribution in [1.82, 2.24) is 19.9 Å². The smallest absolute Gasteiger partial charge is 0.272 e. The van der Waals surface area contributed by atoms with Gasteiger partial charge in [-0.05, 0) is 19.3 Å². The number of carbonyl (C=O) groups excluding carboxylic acids is 1. The second kappa shape index (κ2) is 8.07. The van der Waals surface area contributed by atoms with Gasteiger partial charge in [-0.3, -0.25) is 4.79 Å². The van der Waals surface area contributed by atoms with Crippen LogP contribution in [0.4, 0.5) is 5.82 Å². The Hall–Kier alpha value is -2.93. The summed E-state index contributed by atoms with van der Waals surface area (Å²) in [6.45, 7) is 1.30. The molecule has 1 unspecified atom stereocenters. The average molecular weight is 406 g/mol. The Labute approximate surface area is 175 Å². The lowest BCUT2D eigenvalue weighted by atomic mass is 9.95. The molecule has 2 aliphatic rings. The minimum Gasteiger partial charge on any atom is -0.391 e. The molecule has 1 aliphatic carbocycles. The highest BCUT2D eigenvalue weighted by atomic mass is 16.3. The van der Waals surface area contributed by atoms with Crippen LogP contribution in [-0.4, -0.2) is 50.8 Å². The number of nitrogens with one attached hydrogen (secondary N) is 1. The largest absolute Gasteiger partial charge is 0.391 e. The number of hydrogen-bond donors (Lipinski definition) is 2. The number of benzene rings is 1. The Morgan fingerprint density at radius 1 is 1.07 bits per heavy atom. The van der Waals surface area contributed by atoms with E-state index in [2.05, 4.69) is 15.3 Å². The van der Waals surface area contributed by atoms with E-state index in [1.54, 1.807) is 10.6 Å². The van der Waals surface area contributed by atoms with Gasteiger partial charge in [-0.25, -0.2) is 4.98 Å². The summed E-state index contributed by atoms with van der Waals surface area (Å²) in [5.74, 6) is 0.716. The third-order valence-corrected chi connectivity index (χ3v) is 6.14. The molecule has 1 saturated heterocycles. The number of amides is 1. The lowest BCUT2D eigenvalue weighted by molar-refractivity contribution is 0.0922. The van der Waals surface area contributed by atoms with Gasteiger partial charge in [0.2, 0.25) is 0 Å². The molecule has 0 radical (unpaired) electrons. The molecular formula is C23H27N5O2. The summed E-state index contributed by atoms with van der Waals surface area (Å²) in [5.41, 5.74) is 2.87. The first-order chi connectivity index (χ1) is 14.7. The van der Waals surface area contributed by atoms with Crippen molar-refractivity contribution in [3.63, 3.8) is 0 Å². The van der Waals surface area contributed by atoms with Crippen LogP contribution in [0.2, 0.25) is 0 Å². The maximum Gasteiger partial charge on any atom is 0.272 e. The van der Waals surface area contributed by atoms with E-state index in [1.807, 2.05) is 36.4 Å². The lowest BCUT2D eigenvalue weighted by Crippen LogP contribution is -2.36. The summed E-state index contributed by atoms with van der Waals surface area (Å²) in [7, 11) is 0. The molecule has 0 bridgehead atoms. The maximum absolute atomic E-state index is 12.9. The number of aliphatic hydroxyl groups excluding tert-OH is 1. The molecule has 2 N–H and O–H groups in total. The highest BCUT2D eigenvalue weighted by Crippen LogP contribution is 2.27. The molecule has 1 amide bonds. The molecule has 5 rings (SSSR count). The summed E-state index contributed by atoms with van der Waals surface area (Å²) in [6, 6.07) is 14.0. The van der Waals surface area contributed by atoms with Crippen molar-refractivity contribution in [1.29, 1.82) is 0 Å². The molecule has 0 spiro atoms. The van der Waals surface area contributed by atoms with E-state index in [9.17, 15) is 9.90 Å². The van der Waals surface area contributed by atoms with E-state index in [1.165, 1.54) is 19.3 Å². The summed E-state index contributed by atoms with van der Waals surface area (Å²) < 4.78 is 1.74. The highest BCUT2D eigenvalue weighted by molar-refractivity contribution is 5.93. The number of hydrogen-bond acceptors (Lipinski definition) is 5. The SMILES string of the molecule is O=C(NC1CCCCC1)c1cc2nc(-c3ccccc3)cc(N3CCC(O)C3)n2n1. The second-order valence-electron chi connectivity index (χ2n) is 8.36. The Balaban J connectivity index is 1.52. The van der Waals surface area contributed by atoms with Crippen molar-refractivity contribution in [2.24, 2.45) is 0 Å². The number of nitrogens with zero attached hydrogens (tertiary/aromatic N) is 4. The van der Waals surface area contributed by atoms with E-state index in [4.69, 9.17) is 4.98 Å². The number of anilines is 1. The van der Waals surface area contributed by atoms with Gasteiger partial charge in [0, 0.05) is 36.8 Å². The van der Waals surface area contributed by atoms with E-state index < -0.39 is 0 Å². The van der Waals surface area contributed by atoms with Crippen LogP contribution >= 0.6 is 0 Å². The van der Waals surface area contributed by atoms with Crippen LogP contribution in [0.1, 0.15) is 49.0 Å². The molecule has 1 aliphatic heterocycles. The minimum atomic E-state index is -0.349. The van der Waals surface area contributed by atoms with E-state index in [0.29, 0.717) is 17.9 Å². The van der Waals surface area contributed by atoms with Gasteiger partial charge < -0.3 is 15.3 Å².